The van der Waals surface area contributed by atoms with E-state index in [-0.39, 0.29) is 27.3 Å². The van der Waals surface area contributed by atoms with Gasteiger partial charge in [0.2, 0.25) is 23.3 Å². The minimum absolute atomic E-state index is 0.0655. The van der Waals surface area contributed by atoms with Crippen LogP contribution in [0.4, 0.5) is 4.39 Å². The van der Waals surface area contributed by atoms with E-state index in [9.17, 15) is 38.8 Å². The van der Waals surface area contributed by atoms with Crippen LogP contribution in [0.15, 0.2) is 75.0 Å². The molecule has 0 saturated carbocycles. The molecule has 0 spiro atoms. The highest BCUT2D eigenvalue weighted by Gasteiger charge is 2.49. The Morgan fingerprint density at radius 2 is 1.62 bits per heavy atom. The SMILES string of the molecule is CC(=O)O[C@@H]1[C@H](OC(C)=O)[C@@H](C)O[C@H]1n1cc(F)c(=O)n(C(=O)c2cccc(C(=O)Oc3nc(OC(=O)c4ccco4)ccc3C#N)c2)c1=O. The van der Waals surface area contributed by atoms with Gasteiger partial charge in [0, 0.05) is 25.5 Å². The highest BCUT2D eigenvalue weighted by atomic mass is 19.1. The van der Waals surface area contributed by atoms with Gasteiger partial charge in [0.25, 0.3) is 11.5 Å². The number of furan rings is 1. The minimum atomic E-state index is -1.65. The van der Waals surface area contributed by atoms with Crippen molar-refractivity contribution < 1.29 is 56.5 Å². The molecular formula is C32H23FN4O13. The number of esters is 4. The topological polar surface area (TPSA) is 225 Å². The minimum Gasteiger partial charge on any atom is -0.457 e. The lowest BCUT2D eigenvalue weighted by molar-refractivity contribution is -0.165. The van der Waals surface area contributed by atoms with Crippen LogP contribution in [0, 0.1) is 17.1 Å². The third-order valence-electron chi connectivity index (χ3n) is 6.98. The highest BCUT2D eigenvalue weighted by Crippen LogP contribution is 2.33. The molecule has 1 fully saturated rings. The summed E-state index contributed by atoms with van der Waals surface area (Å²) in [4.78, 5) is 92.6. The summed E-state index contributed by atoms with van der Waals surface area (Å²) in [5.41, 5.74) is -4.10. The Kier molecular flexibility index (Phi) is 9.80. The molecule has 50 heavy (non-hydrogen) atoms. The fourth-order valence-corrected chi connectivity index (χ4v) is 4.84. The molecule has 18 heteroatoms. The summed E-state index contributed by atoms with van der Waals surface area (Å²) in [7, 11) is 0. The van der Waals surface area contributed by atoms with Crippen molar-refractivity contribution >= 4 is 29.8 Å². The van der Waals surface area contributed by atoms with Crippen LogP contribution in [0.1, 0.15) is 63.8 Å². The van der Waals surface area contributed by atoms with Crippen molar-refractivity contribution in [2.45, 2.75) is 45.3 Å². The van der Waals surface area contributed by atoms with Crippen molar-refractivity contribution in [1.82, 2.24) is 14.1 Å². The first-order valence-electron chi connectivity index (χ1n) is 14.4. The Balaban J connectivity index is 1.44. The van der Waals surface area contributed by atoms with Crippen molar-refractivity contribution in [2.75, 3.05) is 0 Å². The number of ether oxygens (including phenoxy) is 5. The molecule has 1 aromatic carbocycles. The zero-order chi connectivity index (χ0) is 36.3. The molecule has 4 atom stereocenters. The van der Waals surface area contributed by atoms with Crippen LogP contribution in [-0.4, -0.2) is 62.2 Å². The Morgan fingerprint density at radius 1 is 0.920 bits per heavy atom. The predicted octanol–water partition coefficient (Wildman–Crippen LogP) is 1.92. The van der Waals surface area contributed by atoms with Gasteiger partial charge >= 0.3 is 29.6 Å². The standard InChI is InChI=1S/C32H23FN4O13/c1-15-24(47-16(2)38)25(48-17(3)39)29(46-15)36-14-21(33)28(41)37(32(36)44)27(40)18-6-4-7-19(12-18)30(42)50-26-20(13-34)9-10-23(35-26)49-31(43)22-8-5-11-45-22/h4-12,14-15,24-25,29H,1-3H3/t15-,24-,25-,29-/m1/s1. The lowest BCUT2D eigenvalue weighted by Crippen LogP contribution is -2.48. The quantitative estimate of drug-likeness (QED) is 0.241. The zero-order valence-corrected chi connectivity index (χ0v) is 26.1. The molecule has 5 rings (SSSR count). The van der Waals surface area contributed by atoms with Crippen molar-refractivity contribution in [3.63, 3.8) is 0 Å². The fraction of sp³-hybridized carbons (Fsp3) is 0.219. The number of nitriles is 1. The molecular weight excluding hydrogens is 667 g/mol. The number of hydrogen-bond donors (Lipinski definition) is 0. The van der Waals surface area contributed by atoms with Gasteiger partial charge in [-0.3, -0.25) is 23.7 Å². The third kappa shape index (κ3) is 7.07. The maximum atomic E-state index is 15.0. The van der Waals surface area contributed by atoms with Crippen LogP contribution in [0.25, 0.3) is 0 Å². The van der Waals surface area contributed by atoms with E-state index in [0.29, 0.717) is 10.8 Å². The van der Waals surface area contributed by atoms with Gasteiger partial charge in [0.05, 0.1) is 24.1 Å². The first-order valence-corrected chi connectivity index (χ1v) is 14.4. The average Bonchev–Trinajstić information content (AvgIpc) is 3.72. The molecule has 256 valence electrons. The first kappa shape index (κ1) is 34.6. The van der Waals surface area contributed by atoms with Crippen molar-refractivity contribution in [1.29, 1.82) is 5.26 Å². The van der Waals surface area contributed by atoms with E-state index in [1.54, 1.807) is 6.07 Å². The molecule has 0 radical (unpaired) electrons. The molecule has 0 amide bonds. The monoisotopic (exact) mass is 690 g/mol. The number of rotatable bonds is 8. The van der Waals surface area contributed by atoms with Crippen LogP contribution < -0.4 is 20.7 Å². The number of benzene rings is 1. The number of aromatic nitrogens is 3. The lowest BCUT2D eigenvalue weighted by Gasteiger charge is -2.24. The summed E-state index contributed by atoms with van der Waals surface area (Å²) in [6, 6.07) is 11.3. The van der Waals surface area contributed by atoms with Crippen LogP contribution in [0.3, 0.4) is 0 Å². The van der Waals surface area contributed by atoms with Gasteiger partial charge in [0.1, 0.15) is 11.6 Å². The summed E-state index contributed by atoms with van der Waals surface area (Å²) in [5.74, 6) is -7.77. The Bertz CT molecular complexity index is 2180. The summed E-state index contributed by atoms with van der Waals surface area (Å²) in [5, 5.41) is 9.47. The van der Waals surface area contributed by atoms with E-state index in [4.69, 9.17) is 28.1 Å². The largest absolute Gasteiger partial charge is 0.457 e. The number of carbonyl (C=O) groups is 5. The molecule has 0 N–H and O–H groups in total. The molecule has 3 aromatic heterocycles. The third-order valence-corrected chi connectivity index (χ3v) is 6.98. The highest BCUT2D eigenvalue weighted by molar-refractivity contribution is 5.99. The molecule has 1 aliphatic rings. The van der Waals surface area contributed by atoms with E-state index in [1.165, 1.54) is 43.5 Å². The maximum absolute atomic E-state index is 15.0. The molecule has 1 aliphatic heterocycles. The van der Waals surface area contributed by atoms with E-state index in [0.717, 1.165) is 32.0 Å². The Morgan fingerprint density at radius 3 is 2.28 bits per heavy atom. The number of hydrogen-bond acceptors (Lipinski definition) is 15. The van der Waals surface area contributed by atoms with Gasteiger partial charge in [-0.05, 0) is 43.3 Å². The van der Waals surface area contributed by atoms with Gasteiger partial charge in [-0.15, -0.1) is 0 Å². The molecule has 0 aliphatic carbocycles. The van der Waals surface area contributed by atoms with Crippen LogP contribution in [0.2, 0.25) is 0 Å². The normalized spacial score (nSPS) is 18.1. The smallest absolute Gasteiger partial charge is 0.380 e. The van der Waals surface area contributed by atoms with Crippen molar-refractivity contribution in [2.24, 2.45) is 0 Å². The number of nitrogens with zero attached hydrogens (tertiary/aromatic N) is 4. The maximum Gasteiger partial charge on any atom is 0.380 e. The second kappa shape index (κ2) is 14.2. The predicted molar refractivity (Wildman–Crippen MR) is 159 cm³/mol. The van der Waals surface area contributed by atoms with E-state index in [2.05, 4.69) is 4.98 Å². The van der Waals surface area contributed by atoms with E-state index >= 15 is 4.39 Å². The van der Waals surface area contributed by atoms with Gasteiger partial charge < -0.3 is 28.1 Å². The fourth-order valence-electron chi connectivity index (χ4n) is 4.84. The lowest BCUT2D eigenvalue weighted by atomic mass is 10.1. The second-order valence-electron chi connectivity index (χ2n) is 10.4. The molecule has 1 saturated heterocycles. The number of carbonyl (C=O) groups excluding carboxylic acids is 5. The van der Waals surface area contributed by atoms with Gasteiger partial charge in [-0.1, -0.05) is 6.07 Å². The summed E-state index contributed by atoms with van der Waals surface area (Å²) < 4.78 is 46.8. The first-order chi connectivity index (χ1) is 23.8. The average molecular weight is 691 g/mol. The Labute approximate surface area is 278 Å². The number of pyridine rings is 1. The van der Waals surface area contributed by atoms with Crippen molar-refractivity contribution in [3.8, 4) is 17.8 Å². The van der Waals surface area contributed by atoms with Gasteiger partial charge in [-0.2, -0.15) is 19.2 Å². The molecule has 0 unspecified atom stereocenters. The summed E-state index contributed by atoms with van der Waals surface area (Å²) in [6.07, 6.45) is -3.66. The summed E-state index contributed by atoms with van der Waals surface area (Å²) in [6.45, 7) is 3.54. The van der Waals surface area contributed by atoms with Crippen LogP contribution in [0.5, 0.6) is 11.8 Å². The molecule has 17 nitrogen and oxygen atoms in total. The number of halogens is 1. The zero-order valence-electron chi connectivity index (χ0n) is 26.1. The van der Waals surface area contributed by atoms with Crippen LogP contribution >= 0.6 is 0 Å². The second-order valence-corrected chi connectivity index (χ2v) is 10.4. The van der Waals surface area contributed by atoms with E-state index < -0.39 is 82.8 Å². The Hall–Kier alpha value is -6.74. The van der Waals surface area contributed by atoms with Crippen molar-refractivity contribution in [3.05, 3.63) is 110 Å². The van der Waals surface area contributed by atoms with Crippen LogP contribution in [-0.2, 0) is 23.8 Å². The van der Waals surface area contributed by atoms with Gasteiger partial charge in [0.15, 0.2) is 18.4 Å². The molecule has 4 heterocycles. The molecule has 0 bridgehead atoms. The van der Waals surface area contributed by atoms with Gasteiger partial charge in [-0.25, -0.2) is 14.4 Å². The summed E-state index contributed by atoms with van der Waals surface area (Å²) >= 11 is 0. The molecule has 4 aromatic rings. The van der Waals surface area contributed by atoms with E-state index in [1.807, 2.05) is 0 Å².